The summed E-state index contributed by atoms with van der Waals surface area (Å²) in [5.74, 6) is 0. The van der Waals surface area contributed by atoms with Crippen molar-refractivity contribution in [3.63, 3.8) is 0 Å². The molecule has 1 rings (SSSR count). The number of carbonyl (C=O) groups is 2. The molecule has 0 spiro atoms. The summed E-state index contributed by atoms with van der Waals surface area (Å²) in [6.45, 7) is 19.9. The SMILES string of the molecule is Cc1ccc(SN(C(=O)OC(C)(C)C)[C@@H](C)[C@H](C=O)O[Si](C)(C)C(C)(C)C)cc1. The second kappa shape index (κ2) is 9.66. The van der Waals surface area contributed by atoms with E-state index in [1.807, 2.05) is 58.9 Å². The van der Waals surface area contributed by atoms with E-state index in [4.69, 9.17) is 9.16 Å². The van der Waals surface area contributed by atoms with Crippen LogP contribution in [0.5, 0.6) is 0 Å². The van der Waals surface area contributed by atoms with E-state index in [1.165, 1.54) is 16.3 Å². The fourth-order valence-corrected chi connectivity index (χ4v) is 4.37. The first kappa shape index (κ1) is 25.7. The zero-order valence-corrected chi connectivity index (χ0v) is 21.3. The quantitative estimate of drug-likeness (QED) is 0.287. The van der Waals surface area contributed by atoms with Crippen molar-refractivity contribution in [1.29, 1.82) is 0 Å². The fraction of sp³-hybridized carbons (Fsp3) is 0.636. The van der Waals surface area contributed by atoms with Crippen molar-refractivity contribution in [3.05, 3.63) is 29.8 Å². The van der Waals surface area contributed by atoms with E-state index < -0.39 is 32.2 Å². The summed E-state index contributed by atoms with van der Waals surface area (Å²) in [5.41, 5.74) is 0.498. The minimum Gasteiger partial charge on any atom is -0.443 e. The lowest BCUT2D eigenvalue weighted by atomic mass is 10.2. The topological polar surface area (TPSA) is 55.8 Å². The number of rotatable bonds is 7. The number of carbonyl (C=O) groups excluding carboxylic acids is 2. The number of aryl methyl sites for hydroxylation is 1. The summed E-state index contributed by atoms with van der Waals surface area (Å²) in [7, 11) is -2.20. The van der Waals surface area contributed by atoms with Crippen LogP contribution in [0.2, 0.25) is 18.1 Å². The van der Waals surface area contributed by atoms with Crippen molar-refractivity contribution >= 4 is 32.6 Å². The minimum atomic E-state index is -2.20. The van der Waals surface area contributed by atoms with Gasteiger partial charge in [-0.3, -0.25) is 0 Å². The zero-order valence-electron chi connectivity index (χ0n) is 19.5. The largest absolute Gasteiger partial charge is 0.443 e. The third-order valence-corrected chi connectivity index (χ3v) is 10.6. The molecule has 5 nitrogen and oxygen atoms in total. The number of aldehydes is 1. The van der Waals surface area contributed by atoms with Gasteiger partial charge in [0.25, 0.3) is 0 Å². The Hall–Kier alpha value is -1.31. The molecule has 29 heavy (non-hydrogen) atoms. The van der Waals surface area contributed by atoms with E-state index in [0.717, 1.165) is 16.7 Å². The Kier molecular flexibility index (Phi) is 8.57. The summed E-state index contributed by atoms with van der Waals surface area (Å²) in [5, 5.41) is -0.0468. The lowest BCUT2D eigenvalue weighted by molar-refractivity contribution is -0.115. The molecule has 0 aliphatic rings. The van der Waals surface area contributed by atoms with Gasteiger partial charge in [0.15, 0.2) is 8.32 Å². The maximum atomic E-state index is 13.0. The average molecular weight is 440 g/mol. The number of amides is 1. The van der Waals surface area contributed by atoms with Crippen LogP contribution >= 0.6 is 11.9 Å². The summed E-state index contributed by atoms with van der Waals surface area (Å²) >= 11 is 1.27. The fourth-order valence-electron chi connectivity index (χ4n) is 2.20. The molecule has 0 aromatic heterocycles. The van der Waals surface area contributed by atoms with Gasteiger partial charge in [-0.15, -0.1) is 0 Å². The molecule has 0 radical (unpaired) electrons. The lowest BCUT2D eigenvalue weighted by Gasteiger charge is -2.41. The molecule has 7 heteroatoms. The molecule has 0 bridgehead atoms. The van der Waals surface area contributed by atoms with Crippen molar-refractivity contribution in [2.75, 3.05) is 0 Å². The van der Waals surface area contributed by atoms with Crippen molar-refractivity contribution in [2.45, 2.75) is 96.2 Å². The summed E-state index contributed by atoms with van der Waals surface area (Å²) in [6, 6.07) is 7.39. The Labute approximate surface area is 181 Å². The normalized spacial score (nSPS) is 14.8. The summed E-state index contributed by atoms with van der Waals surface area (Å²) in [6.07, 6.45) is -0.416. The number of hydrogen-bond acceptors (Lipinski definition) is 5. The Morgan fingerprint density at radius 3 is 2.03 bits per heavy atom. The highest BCUT2D eigenvalue weighted by Crippen LogP contribution is 2.38. The Morgan fingerprint density at radius 2 is 1.62 bits per heavy atom. The van der Waals surface area contributed by atoms with Crippen LogP contribution in [0.1, 0.15) is 54.0 Å². The number of benzene rings is 1. The molecule has 0 unspecified atom stereocenters. The first-order chi connectivity index (χ1) is 13.1. The number of ether oxygens (including phenoxy) is 1. The number of hydrogen-bond donors (Lipinski definition) is 0. The maximum Gasteiger partial charge on any atom is 0.421 e. The molecule has 0 N–H and O–H groups in total. The van der Waals surface area contributed by atoms with Crippen LogP contribution < -0.4 is 0 Å². The molecule has 1 aromatic rings. The molecule has 1 aromatic carbocycles. The Balaban J connectivity index is 3.18. The molecule has 0 aliphatic heterocycles. The highest BCUT2D eigenvalue weighted by Gasteiger charge is 2.42. The molecular formula is C22H37NO4SSi. The van der Waals surface area contributed by atoms with E-state index in [9.17, 15) is 9.59 Å². The molecular weight excluding hydrogens is 402 g/mol. The van der Waals surface area contributed by atoms with Crippen molar-refractivity contribution < 1.29 is 18.8 Å². The molecule has 1 amide bonds. The minimum absolute atomic E-state index is 0.0468. The zero-order chi connectivity index (χ0) is 22.6. The standard InChI is InChI=1S/C22H37NO4SSi/c1-16-11-13-18(14-12-16)28-23(20(25)26-21(3,4)5)17(2)19(15-24)27-29(9,10)22(6,7)8/h11-15,17,19H,1-10H3/t17-,19-/m0/s1. The van der Waals surface area contributed by atoms with Crippen molar-refractivity contribution in [1.82, 2.24) is 4.31 Å². The first-order valence-electron chi connectivity index (χ1n) is 9.97. The van der Waals surface area contributed by atoms with Gasteiger partial charge in [-0.25, -0.2) is 9.10 Å². The van der Waals surface area contributed by atoms with Gasteiger partial charge < -0.3 is 14.0 Å². The van der Waals surface area contributed by atoms with Gasteiger partial charge >= 0.3 is 6.09 Å². The van der Waals surface area contributed by atoms with Gasteiger partial charge in [-0.1, -0.05) is 38.5 Å². The van der Waals surface area contributed by atoms with Gasteiger partial charge in [0.2, 0.25) is 0 Å². The van der Waals surface area contributed by atoms with Crippen LogP contribution in [0, 0.1) is 6.92 Å². The molecule has 2 atom stereocenters. The predicted octanol–water partition coefficient (Wildman–Crippen LogP) is 6.22. The molecule has 0 saturated heterocycles. The lowest BCUT2D eigenvalue weighted by Crippen LogP contribution is -2.51. The van der Waals surface area contributed by atoms with Crippen LogP contribution in [-0.4, -0.2) is 42.7 Å². The van der Waals surface area contributed by atoms with Gasteiger partial charge in [-0.05, 0) is 76.8 Å². The molecule has 0 aliphatic carbocycles. The van der Waals surface area contributed by atoms with E-state index in [1.54, 1.807) is 0 Å². The predicted molar refractivity (Wildman–Crippen MR) is 123 cm³/mol. The highest BCUT2D eigenvalue weighted by atomic mass is 32.2. The first-order valence-corrected chi connectivity index (χ1v) is 13.7. The maximum absolute atomic E-state index is 13.0. The van der Waals surface area contributed by atoms with Gasteiger partial charge in [-0.2, -0.15) is 0 Å². The van der Waals surface area contributed by atoms with E-state index in [-0.39, 0.29) is 5.04 Å². The Morgan fingerprint density at radius 1 is 1.10 bits per heavy atom. The van der Waals surface area contributed by atoms with Crippen molar-refractivity contribution in [3.8, 4) is 0 Å². The van der Waals surface area contributed by atoms with E-state index in [2.05, 4.69) is 33.9 Å². The molecule has 0 heterocycles. The smallest absolute Gasteiger partial charge is 0.421 e. The second-order valence-corrected chi connectivity index (χ2v) is 15.7. The molecule has 0 saturated carbocycles. The van der Waals surface area contributed by atoms with Gasteiger partial charge in [0.1, 0.15) is 18.0 Å². The average Bonchev–Trinajstić information content (AvgIpc) is 2.56. The van der Waals surface area contributed by atoms with Crippen LogP contribution in [0.15, 0.2) is 29.2 Å². The van der Waals surface area contributed by atoms with Crippen LogP contribution in [0.3, 0.4) is 0 Å². The van der Waals surface area contributed by atoms with E-state index >= 15 is 0 Å². The van der Waals surface area contributed by atoms with Crippen LogP contribution in [0.25, 0.3) is 0 Å². The van der Waals surface area contributed by atoms with Gasteiger partial charge in [0, 0.05) is 4.90 Å². The van der Waals surface area contributed by atoms with Crippen LogP contribution in [-0.2, 0) is 14.0 Å². The van der Waals surface area contributed by atoms with Crippen LogP contribution in [0.4, 0.5) is 4.79 Å². The van der Waals surface area contributed by atoms with E-state index in [0.29, 0.717) is 0 Å². The highest BCUT2D eigenvalue weighted by molar-refractivity contribution is 7.97. The summed E-state index contributed by atoms with van der Waals surface area (Å²) in [4.78, 5) is 25.8. The monoisotopic (exact) mass is 439 g/mol. The van der Waals surface area contributed by atoms with Crippen molar-refractivity contribution in [2.24, 2.45) is 0 Å². The molecule has 0 fully saturated rings. The Bertz CT molecular complexity index is 692. The van der Waals surface area contributed by atoms with Gasteiger partial charge in [0.05, 0.1) is 6.04 Å². The number of nitrogens with zero attached hydrogens (tertiary/aromatic N) is 1. The molecule has 164 valence electrons. The third-order valence-electron chi connectivity index (χ3n) is 5.01. The second-order valence-electron chi connectivity index (χ2n) is 9.93. The third kappa shape index (κ3) is 7.79. The summed E-state index contributed by atoms with van der Waals surface area (Å²) < 4.78 is 13.5.